The quantitative estimate of drug-likeness (QED) is 0.716. The lowest BCUT2D eigenvalue weighted by molar-refractivity contribution is -0.0491. The van der Waals surface area contributed by atoms with Crippen LogP contribution in [0.15, 0.2) is 36.7 Å². The van der Waals surface area contributed by atoms with Crippen molar-refractivity contribution >= 4 is 5.95 Å². The van der Waals surface area contributed by atoms with E-state index in [-0.39, 0.29) is 11.7 Å². The average Bonchev–Trinajstić information content (AvgIpc) is 2.81. The Morgan fingerprint density at radius 1 is 0.903 bits per heavy atom. The summed E-state index contributed by atoms with van der Waals surface area (Å²) in [7, 11) is 0. The first kappa shape index (κ1) is 22.1. The molecule has 0 amide bonds. The van der Waals surface area contributed by atoms with Gasteiger partial charge in [0.1, 0.15) is 5.82 Å². The fourth-order valence-corrected chi connectivity index (χ4v) is 5.12. The number of anilines is 1. The van der Waals surface area contributed by atoms with Crippen molar-refractivity contribution in [3.63, 3.8) is 0 Å². The molecule has 0 radical (unpaired) electrons. The van der Waals surface area contributed by atoms with Gasteiger partial charge in [-0.2, -0.15) is 0 Å². The third-order valence-electron chi connectivity index (χ3n) is 6.92. The molecule has 1 N–H and O–H groups in total. The van der Waals surface area contributed by atoms with Gasteiger partial charge in [0.15, 0.2) is 5.82 Å². The van der Waals surface area contributed by atoms with E-state index in [9.17, 15) is 13.9 Å². The summed E-state index contributed by atoms with van der Waals surface area (Å²) in [5.74, 6) is 0.120. The Kier molecular flexibility index (Phi) is 7.13. The van der Waals surface area contributed by atoms with Crippen LogP contribution >= 0.6 is 0 Å². The molecule has 2 aromatic rings. The summed E-state index contributed by atoms with van der Waals surface area (Å²) in [6.45, 7) is 4.29. The van der Waals surface area contributed by atoms with Crippen molar-refractivity contribution in [3.05, 3.63) is 53.9 Å². The van der Waals surface area contributed by atoms with Crippen LogP contribution in [0.25, 0.3) is 0 Å². The average molecular weight is 431 g/mol. The van der Waals surface area contributed by atoms with Crippen LogP contribution in [0.5, 0.6) is 0 Å². The lowest BCUT2D eigenvalue weighted by Crippen LogP contribution is -2.47. The number of halogens is 2. The van der Waals surface area contributed by atoms with Gasteiger partial charge in [-0.15, -0.1) is 0 Å². The van der Waals surface area contributed by atoms with Crippen molar-refractivity contribution in [1.82, 2.24) is 14.9 Å². The minimum atomic E-state index is -0.891. The lowest BCUT2D eigenvalue weighted by atomic mass is 9.71. The van der Waals surface area contributed by atoms with E-state index in [1.54, 1.807) is 12.1 Å². The number of aromatic nitrogens is 2. The molecule has 1 aliphatic heterocycles. The van der Waals surface area contributed by atoms with Crippen LogP contribution in [0.4, 0.5) is 14.7 Å². The Morgan fingerprint density at radius 2 is 1.55 bits per heavy atom. The molecule has 1 unspecified atom stereocenters. The summed E-state index contributed by atoms with van der Waals surface area (Å²) in [6.07, 6.45) is 9.59. The molecule has 31 heavy (non-hydrogen) atoms. The molecule has 1 aliphatic carbocycles. The molecule has 1 saturated carbocycles. The molecule has 5 nitrogen and oxygen atoms in total. The molecule has 1 saturated heterocycles. The highest BCUT2D eigenvalue weighted by atomic mass is 19.1. The van der Waals surface area contributed by atoms with E-state index in [0.29, 0.717) is 12.4 Å². The van der Waals surface area contributed by atoms with Gasteiger partial charge in [-0.05, 0) is 55.8 Å². The maximum Gasteiger partial charge on any atom is 0.225 e. The SMILES string of the molecule is OC(CCCN1CCN(c2ncc(F)cn2)CC1)(c1ccc(F)cc1)C1CCCCC1. The lowest BCUT2D eigenvalue weighted by Gasteiger charge is -2.40. The van der Waals surface area contributed by atoms with E-state index in [2.05, 4.69) is 19.8 Å². The third kappa shape index (κ3) is 5.39. The number of hydrogen-bond donors (Lipinski definition) is 1. The zero-order valence-electron chi connectivity index (χ0n) is 18.0. The van der Waals surface area contributed by atoms with Crippen LogP contribution in [0.1, 0.15) is 50.5 Å². The van der Waals surface area contributed by atoms with E-state index in [4.69, 9.17) is 0 Å². The van der Waals surface area contributed by atoms with Gasteiger partial charge in [0, 0.05) is 26.2 Å². The van der Waals surface area contributed by atoms with Crippen molar-refractivity contribution in [3.8, 4) is 0 Å². The number of piperazine rings is 1. The molecular formula is C24H32F2N4O. The van der Waals surface area contributed by atoms with Gasteiger partial charge in [-0.3, -0.25) is 4.90 Å². The normalized spacial score (nSPS) is 20.5. The zero-order valence-corrected chi connectivity index (χ0v) is 18.0. The van der Waals surface area contributed by atoms with Crippen LogP contribution in [0, 0.1) is 17.6 Å². The van der Waals surface area contributed by atoms with Crippen molar-refractivity contribution in [1.29, 1.82) is 0 Å². The summed E-state index contributed by atoms with van der Waals surface area (Å²) in [5, 5.41) is 11.7. The van der Waals surface area contributed by atoms with Gasteiger partial charge in [0.2, 0.25) is 5.95 Å². The minimum Gasteiger partial charge on any atom is -0.385 e. The van der Waals surface area contributed by atoms with Crippen molar-refractivity contribution in [2.75, 3.05) is 37.6 Å². The van der Waals surface area contributed by atoms with Crippen molar-refractivity contribution < 1.29 is 13.9 Å². The summed E-state index contributed by atoms with van der Waals surface area (Å²) in [5.41, 5.74) is -0.0446. The van der Waals surface area contributed by atoms with E-state index in [1.165, 1.54) is 30.9 Å². The van der Waals surface area contributed by atoms with Crippen molar-refractivity contribution in [2.24, 2.45) is 5.92 Å². The van der Waals surface area contributed by atoms with E-state index < -0.39 is 11.4 Å². The monoisotopic (exact) mass is 430 g/mol. The first-order valence-electron chi connectivity index (χ1n) is 11.5. The fourth-order valence-electron chi connectivity index (χ4n) is 5.12. The molecule has 1 aromatic heterocycles. The second-order valence-corrected chi connectivity index (χ2v) is 8.90. The third-order valence-corrected chi connectivity index (χ3v) is 6.92. The number of benzene rings is 1. The highest BCUT2D eigenvalue weighted by molar-refractivity contribution is 5.29. The Labute approximate surface area is 183 Å². The zero-order chi connectivity index (χ0) is 21.7. The van der Waals surface area contributed by atoms with Crippen LogP contribution in [0.3, 0.4) is 0 Å². The van der Waals surface area contributed by atoms with Gasteiger partial charge in [-0.25, -0.2) is 18.7 Å². The summed E-state index contributed by atoms with van der Waals surface area (Å²) in [4.78, 5) is 12.6. The maximum absolute atomic E-state index is 13.5. The summed E-state index contributed by atoms with van der Waals surface area (Å²) in [6, 6.07) is 6.43. The fraction of sp³-hybridized carbons (Fsp3) is 0.583. The molecule has 0 bridgehead atoms. The molecule has 7 heteroatoms. The van der Waals surface area contributed by atoms with Gasteiger partial charge < -0.3 is 10.0 Å². The minimum absolute atomic E-state index is 0.235. The molecule has 168 valence electrons. The number of hydrogen-bond acceptors (Lipinski definition) is 5. The van der Waals surface area contributed by atoms with Gasteiger partial charge >= 0.3 is 0 Å². The number of nitrogens with zero attached hydrogens (tertiary/aromatic N) is 4. The Balaban J connectivity index is 1.32. The molecule has 2 aliphatic rings. The van der Waals surface area contributed by atoms with Crippen LogP contribution in [-0.2, 0) is 5.60 Å². The van der Waals surface area contributed by atoms with E-state index in [0.717, 1.165) is 70.4 Å². The largest absolute Gasteiger partial charge is 0.385 e. The second-order valence-electron chi connectivity index (χ2n) is 8.90. The van der Waals surface area contributed by atoms with Gasteiger partial charge in [0.05, 0.1) is 18.0 Å². The van der Waals surface area contributed by atoms with Crippen molar-refractivity contribution in [2.45, 2.75) is 50.5 Å². The molecule has 2 heterocycles. The Morgan fingerprint density at radius 3 is 2.19 bits per heavy atom. The first-order valence-corrected chi connectivity index (χ1v) is 11.5. The van der Waals surface area contributed by atoms with Gasteiger partial charge in [0.25, 0.3) is 0 Å². The van der Waals surface area contributed by atoms with E-state index >= 15 is 0 Å². The standard InChI is InChI=1S/C24H32F2N4O/c25-21-9-7-20(8-10-21)24(31,19-5-2-1-3-6-19)11-4-12-29-13-15-30(16-14-29)23-27-17-22(26)18-28-23/h7-10,17-19,31H,1-6,11-16H2. The van der Waals surface area contributed by atoms with Crippen LogP contribution in [-0.4, -0.2) is 52.7 Å². The first-order chi connectivity index (χ1) is 15.0. The molecule has 0 spiro atoms. The molecule has 1 atom stereocenters. The predicted molar refractivity (Wildman–Crippen MR) is 117 cm³/mol. The van der Waals surface area contributed by atoms with Crippen LogP contribution < -0.4 is 4.90 Å². The Bertz CT molecular complexity index is 818. The molecular weight excluding hydrogens is 398 g/mol. The topological polar surface area (TPSA) is 52.5 Å². The van der Waals surface area contributed by atoms with E-state index in [1.807, 2.05) is 0 Å². The number of rotatable bonds is 7. The summed E-state index contributed by atoms with van der Waals surface area (Å²) >= 11 is 0. The van der Waals surface area contributed by atoms with Gasteiger partial charge in [-0.1, -0.05) is 31.4 Å². The Hall–Kier alpha value is -2.12. The maximum atomic E-state index is 13.5. The predicted octanol–water partition coefficient (Wildman–Crippen LogP) is 4.13. The second kappa shape index (κ2) is 10.0. The smallest absolute Gasteiger partial charge is 0.225 e. The highest BCUT2D eigenvalue weighted by Gasteiger charge is 2.38. The van der Waals surface area contributed by atoms with Crippen LogP contribution in [0.2, 0.25) is 0 Å². The summed E-state index contributed by atoms with van der Waals surface area (Å²) < 4.78 is 26.5. The molecule has 4 rings (SSSR count). The molecule has 2 fully saturated rings. The molecule has 1 aromatic carbocycles. The highest BCUT2D eigenvalue weighted by Crippen LogP contribution is 2.42. The number of aliphatic hydroxyl groups is 1.